The number of para-hydroxylation sites is 1. The predicted octanol–water partition coefficient (Wildman–Crippen LogP) is 1.89. The topological polar surface area (TPSA) is 103 Å². The number of hydrogen-bond acceptors (Lipinski definition) is 6. The molecule has 2 aromatic carbocycles. The highest BCUT2D eigenvalue weighted by Crippen LogP contribution is 2.32. The first kappa shape index (κ1) is 19.2. The highest BCUT2D eigenvalue weighted by molar-refractivity contribution is 5.96. The number of carbonyl (C=O) groups is 3. The van der Waals surface area contributed by atoms with Crippen LogP contribution in [0.25, 0.3) is 0 Å². The van der Waals surface area contributed by atoms with Crippen LogP contribution in [-0.4, -0.2) is 37.7 Å². The van der Waals surface area contributed by atoms with Crippen LogP contribution in [0.3, 0.4) is 0 Å². The summed E-state index contributed by atoms with van der Waals surface area (Å²) < 4.78 is 15.3. The average Bonchev–Trinajstić information content (AvgIpc) is 3.18. The fourth-order valence-electron chi connectivity index (χ4n) is 2.61. The Morgan fingerprint density at radius 1 is 1.04 bits per heavy atom. The van der Waals surface area contributed by atoms with E-state index < -0.39 is 18.5 Å². The molecule has 0 bridgehead atoms. The molecule has 0 atom stereocenters. The fraction of sp³-hybridized carbons (Fsp3) is 0.250. The lowest BCUT2D eigenvalue weighted by atomic mass is 10.1. The van der Waals surface area contributed by atoms with E-state index in [4.69, 9.17) is 14.2 Å². The molecule has 3 rings (SSSR count). The maximum atomic E-state index is 12.0. The molecule has 8 heteroatoms. The molecule has 0 aliphatic carbocycles. The number of esters is 1. The van der Waals surface area contributed by atoms with Gasteiger partial charge in [-0.3, -0.25) is 9.59 Å². The van der Waals surface area contributed by atoms with Crippen molar-refractivity contribution in [3.05, 3.63) is 53.6 Å². The summed E-state index contributed by atoms with van der Waals surface area (Å²) in [6.07, 6.45) is 0.776. The van der Waals surface area contributed by atoms with Crippen molar-refractivity contribution < 1.29 is 28.6 Å². The molecule has 0 radical (unpaired) electrons. The number of fused-ring (bicyclic) bond motifs is 1. The fourth-order valence-corrected chi connectivity index (χ4v) is 2.61. The lowest BCUT2D eigenvalue weighted by Gasteiger charge is -2.10. The Morgan fingerprint density at radius 3 is 2.64 bits per heavy atom. The van der Waals surface area contributed by atoms with E-state index >= 15 is 0 Å². The molecule has 1 aliphatic heterocycles. The number of nitrogens with one attached hydrogen (secondary N) is 2. The molecule has 0 aromatic heterocycles. The summed E-state index contributed by atoms with van der Waals surface area (Å²) in [4.78, 5) is 35.8. The van der Waals surface area contributed by atoms with E-state index in [0.29, 0.717) is 17.2 Å². The van der Waals surface area contributed by atoms with Crippen molar-refractivity contribution in [1.29, 1.82) is 0 Å². The second-order valence-electron chi connectivity index (χ2n) is 5.98. The zero-order chi connectivity index (χ0) is 19.9. The van der Waals surface area contributed by atoms with Gasteiger partial charge >= 0.3 is 5.97 Å². The highest BCUT2D eigenvalue weighted by Gasteiger charge is 2.18. The average molecular weight is 384 g/mol. The van der Waals surface area contributed by atoms with Crippen LogP contribution >= 0.6 is 0 Å². The van der Waals surface area contributed by atoms with Crippen LogP contribution in [0.4, 0.5) is 5.69 Å². The maximum absolute atomic E-state index is 12.0. The first-order valence-corrected chi connectivity index (χ1v) is 8.78. The quantitative estimate of drug-likeness (QED) is 0.707. The maximum Gasteiger partial charge on any atom is 0.338 e. The number of carbonyl (C=O) groups excluding carboxylic acids is 3. The van der Waals surface area contributed by atoms with Gasteiger partial charge in [0.2, 0.25) is 12.7 Å². The third-order valence-electron chi connectivity index (χ3n) is 4.06. The van der Waals surface area contributed by atoms with E-state index in [9.17, 15) is 14.4 Å². The van der Waals surface area contributed by atoms with E-state index in [-0.39, 0.29) is 24.8 Å². The van der Waals surface area contributed by atoms with Gasteiger partial charge in [-0.15, -0.1) is 0 Å². The van der Waals surface area contributed by atoms with Crippen LogP contribution in [0, 0.1) is 0 Å². The molecule has 2 amide bonds. The van der Waals surface area contributed by atoms with Crippen molar-refractivity contribution in [3.8, 4) is 11.5 Å². The standard InChI is InChI=1S/C20H20N2O6/c1-2-13-5-3-4-6-15(13)22-18(23)10-21-19(24)11-26-20(25)14-7-8-16-17(9-14)28-12-27-16/h3-9H,2,10-12H2,1H3,(H,21,24)(H,22,23). The summed E-state index contributed by atoms with van der Waals surface area (Å²) in [5.74, 6) is -0.618. The number of aryl methyl sites for hydroxylation is 1. The molecule has 1 aliphatic rings. The smallest absolute Gasteiger partial charge is 0.338 e. The Morgan fingerprint density at radius 2 is 1.82 bits per heavy atom. The third-order valence-corrected chi connectivity index (χ3v) is 4.06. The van der Waals surface area contributed by atoms with Crippen LogP contribution in [0.15, 0.2) is 42.5 Å². The van der Waals surface area contributed by atoms with Gasteiger partial charge in [-0.05, 0) is 36.2 Å². The molecule has 2 N–H and O–H groups in total. The Bertz CT molecular complexity index is 896. The van der Waals surface area contributed by atoms with Gasteiger partial charge in [-0.1, -0.05) is 25.1 Å². The zero-order valence-corrected chi connectivity index (χ0v) is 15.3. The number of ether oxygens (including phenoxy) is 3. The number of amides is 2. The highest BCUT2D eigenvalue weighted by atomic mass is 16.7. The summed E-state index contributed by atoms with van der Waals surface area (Å²) in [6, 6.07) is 12.0. The number of anilines is 1. The molecule has 0 saturated heterocycles. The van der Waals surface area contributed by atoms with Crippen molar-refractivity contribution in [2.24, 2.45) is 0 Å². The lowest BCUT2D eigenvalue weighted by molar-refractivity contribution is -0.126. The van der Waals surface area contributed by atoms with Crippen LogP contribution < -0.4 is 20.1 Å². The van der Waals surface area contributed by atoms with Crippen LogP contribution in [0.2, 0.25) is 0 Å². The SMILES string of the molecule is CCc1ccccc1NC(=O)CNC(=O)COC(=O)c1ccc2c(c1)OCO2. The van der Waals surface area contributed by atoms with Crippen molar-refractivity contribution in [2.75, 3.05) is 25.3 Å². The molecule has 8 nitrogen and oxygen atoms in total. The molecule has 0 spiro atoms. The number of rotatable bonds is 7. The minimum absolute atomic E-state index is 0.0982. The molecule has 28 heavy (non-hydrogen) atoms. The van der Waals surface area contributed by atoms with Crippen LogP contribution in [0.5, 0.6) is 11.5 Å². The normalized spacial score (nSPS) is 11.6. The molecule has 0 unspecified atom stereocenters. The van der Waals surface area contributed by atoms with E-state index in [1.54, 1.807) is 12.1 Å². The lowest BCUT2D eigenvalue weighted by Crippen LogP contribution is -2.35. The zero-order valence-electron chi connectivity index (χ0n) is 15.3. The van der Waals surface area contributed by atoms with Gasteiger partial charge in [0.1, 0.15) is 0 Å². The van der Waals surface area contributed by atoms with Gasteiger partial charge in [0, 0.05) is 5.69 Å². The van der Waals surface area contributed by atoms with Crippen LogP contribution in [0.1, 0.15) is 22.8 Å². The van der Waals surface area contributed by atoms with E-state index in [1.165, 1.54) is 12.1 Å². The second kappa shape index (κ2) is 8.90. The molecular weight excluding hydrogens is 364 g/mol. The first-order valence-electron chi connectivity index (χ1n) is 8.78. The summed E-state index contributed by atoms with van der Waals surface area (Å²) >= 11 is 0. The molecule has 146 valence electrons. The van der Waals surface area contributed by atoms with Crippen molar-refractivity contribution in [1.82, 2.24) is 5.32 Å². The minimum atomic E-state index is -0.672. The van der Waals surface area contributed by atoms with Crippen molar-refractivity contribution in [3.63, 3.8) is 0 Å². The largest absolute Gasteiger partial charge is 0.454 e. The predicted molar refractivity (Wildman–Crippen MR) is 100 cm³/mol. The number of hydrogen-bond donors (Lipinski definition) is 2. The Kier molecular flexibility index (Phi) is 6.11. The minimum Gasteiger partial charge on any atom is -0.454 e. The monoisotopic (exact) mass is 384 g/mol. The number of benzene rings is 2. The third kappa shape index (κ3) is 4.79. The molecular formula is C20H20N2O6. The molecule has 1 heterocycles. The molecule has 2 aromatic rings. The summed E-state index contributed by atoms with van der Waals surface area (Å²) in [5.41, 5.74) is 1.95. The van der Waals surface area contributed by atoms with E-state index in [1.807, 2.05) is 25.1 Å². The van der Waals surface area contributed by atoms with E-state index in [0.717, 1.165) is 12.0 Å². The summed E-state index contributed by atoms with van der Waals surface area (Å²) in [5, 5.41) is 5.16. The van der Waals surface area contributed by atoms with Gasteiger partial charge in [0.05, 0.1) is 12.1 Å². The molecule has 0 fully saturated rings. The van der Waals surface area contributed by atoms with Crippen LogP contribution in [-0.2, 0) is 20.7 Å². The second-order valence-corrected chi connectivity index (χ2v) is 5.98. The van der Waals surface area contributed by atoms with Gasteiger partial charge < -0.3 is 24.8 Å². The van der Waals surface area contributed by atoms with E-state index in [2.05, 4.69) is 10.6 Å². The first-order chi connectivity index (χ1) is 13.6. The van der Waals surface area contributed by atoms with Gasteiger partial charge in [0.15, 0.2) is 18.1 Å². The summed E-state index contributed by atoms with van der Waals surface area (Å²) in [7, 11) is 0. The Hall–Kier alpha value is -3.55. The van der Waals surface area contributed by atoms with Crippen molar-refractivity contribution in [2.45, 2.75) is 13.3 Å². The Balaban J connectivity index is 1.43. The van der Waals surface area contributed by atoms with Gasteiger partial charge in [0.25, 0.3) is 5.91 Å². The Labute approximate surface area is 161 Å². The summed E-state index contributed by atoms with van der Waals surface area (Å²) in [6.45, 7) is 1.37. The van der Waals surface area contributed by atoms with Crippen molar-refractivity contribution >= 4 is 23.5 Å². The van der Waals surface area contributed by atoms with Gasteiger partial charge in [-0.25, -0.2) is 4.79 Å². The van der Waals surface area contributed by atoms with Gasteiger partial charge in [-0.2, -0.15) is 0 Å². The molecule has 0 saturated carbocycles.